The monoisotopic (exact) mass is 302 g/mol. The van der Waals surface area contributed by atoms with Crippen molar-refractivity contribution in [2.45, 2.75) is 50.3 Å². The van der Waals surface area contributed by atoms with Crippen LogP contribution in [0, 0.1) is 5.92 Å². The predicted octanol–water partition coefficient (Wildman–Crippen LogP) is 0.934. The van der Waals surface area contributed by atoms with Crippen LogP contribution in [0.4, 0.5) is 0 Å². The van der Waals surface area contributed by atoms with Gasteiger partial charge in [-0.1, -0.05) is 30.3 Å². The molecule has 22 heavy (non-hydrogen) atoms. The molecule has 0 bridgehead atoms. The Morgan fingerprint density at radius 1 is 1.23 bits per heavy atom. The minimum Gasteiger partial charge on any atom is -0.391 e. The molecule has 4 atom stereocenters. The number of benzene rings is 1. The smallest absolute Gasteiger partial charge is 0.245 e. The van der Waals surface area contributed by atoms with Crippen LogP contribution in [0.5, 0.6) is 0 Å². The van der Waals surface area contributed by atoms with Crippen LogP contribution in [-0.4, -0.2) is 35.1 Å². The Balaban J connectivity index is 1.54. The molecule has 0 aromatic heterocycles. The molecule has 2 amide bonds. The molecular weight excluding hydrogens is 280 g/mol. The van der Waals surface area contributed by atoms with E-state index in [-0.39, 0.29) is 23.8 Å². The normalized spacial score (nSPS) is 25.9. The lowest BCUT2D eigenvalue weighted by Crippen LogP contribution is -2.53. The van der Waals surface area contributed by atoms with Gasteiger partial charge >= 0.3 is 0 Å². The molecule has 4 unspecified atom stereocenters. The number of nitrogens with one attached hydrogen (secondary N) is 2. The van der Waals surface area contributed by atoms with Crippen LogP contribution in [0.3, 0.4) is 0 Å². The topological polar surface area (TPSA) is 78.4 Å². The minimum atomic E-state index is -0.906. The molecular formula is C17H22N2O3. The molecule has 0 heterocycles. The van der Waals surface area contributed by atoms with Gasteiger partial charge in [0.05, 0.1) is 6.10 Å². The highest BCUT2D eigenvalue weighted by Crippen LogP contribution is 2.40. The summed E-state index contributed by atoms with van der Waals surface area (Å²) in [7, 11) is 0. The maximum absolute atomic E-state index is 12.3. The zero-order valence-electron chi connectivity index (χ0n) is 12.7. The Morgan fingerprint density at radius 3 is 2.50 bits per heavy atom. The first-order valence-electron chi connectivity index (χ1n) is 7.90. The van der Waals surface area contributed by atoms with Crippen LogP contribution in [0.15, 0.2) is 30.3 Å². The second-order valence-electron chi connectivity index (χ2n) is 6.37. The van der Waals surface area contributed by atoms with Gasteiger partial charge in [0.1, 0.15) is 6.04 Å². The van der Waals surface area contributed by atoms with E-state index in [1.165, 1.54) is 12.5 Å². The fraction of sp³-hybridized carbons (Fsp3) is 0.529. The largest absolute Gasteiger partial charge is 0.391 e. The summed E-state index contributed by atoms with van der Waals surface area (Å²) in [5.74, 6) is -0.0742. The summed E-state index contributed by atoms with van der Waals surface area (Å²) in [6, 6.07) is 9.27. The second-order valence-corrected chi connectivity index (χ2v) is 6.37. The number of aliphatic hydroxyl groups is 1. The first-order valence-corrected chi connectivity index (χ1v) is 7.90. The molecule has 0 radical (unpaired) electrons. The Labute approximate surface area is 130 Å². The van der Waals surface area contributed by atoms with E-state index < -0.39 is 12.1 Å². The van der Waals surface area contributed by atoms with Crippen molar-refractivity contribution in [3.63, 3.8) is 0 Å². The van der Waals surface area contributed by atoms with Crippen LogP contribution >= 0.6 is 0 Å². The second kappa shape index (κ2) is 6.08. The number of hydrogen-bond acceptors (Lipinski definition) is 3. The highest BCUT2D eigenvalue weighted by Gasteiger charge is 2.41. The summed E-state index contributed by atoms with van der Waals surface area (Å²) < 4.78 is 0. The van der Waals surface area contributed by atoms with Gasteiger partial charge < -0.3 is 15.7 Å². The number of amides is 2. The van der Waals surface area contributed by atoms with Crippen molar-refractivity contribution in [3.05, 3.63) is 35.9 Å². The molecule has 5 heteroatoms. The lowest BCUT2D eigenvalue weighted by Gasteiger charge is -2.21. The van der Waals surface area contributed by atoms with Gasteiger partial charge in [-0.15, -0.1) is 0 Å². The Morgan fingerprint density at radius 2 is 1.91 bits per heavy atom. The van der Waals surface area contributed by atoms with Crippen molar-refractivity contribution in [1.29, 1.82) is 0 Å². The number of carbonyl (C=O) groups is 2. The molecule has 118 valence electrons. The molecule has 2 aliphatic carbocycles. The molecule has 2 aliphatic rings. The van der Waals surface area contributed by atoms with Crippen molar-refractivity contribution in [2.24, 2.45) is 5.92 Å². The Hall–Kier alpha value is -1.88. The van der Waals surface area contributed by atoms with Gasteiger partial charge in [0.25, 0.3) is 0 Å². The van der Waals surface area contributed by atoms with Gasteiger partial charge in [-0.3, -0.25) is 9.59 Å². The quantitative estimate of drug-likeness (QED) is 0.731. The lowest BCUT2D eigenvalue weighted by molar-refractivity contribution is -0.132. The molecule has 0 aliphatic heterocycles. The van der Waals surface area contributed by atoms with E-state index in [2.05, 4.69) is 22.8 Å². The van der Waals surface area contributed by atoms with Gasteiger partial charge in [-0.2, -0.15) is 0 Å². The molecule has 1 aromatic rings. The number of rotatable bonds is 6. The summed E-state index contributed by atoms with van der Waals surface area (Å²) in [5, 5.41) is 15.4. The van der Waals surface area contributed by atoms with E-state index in [9.17, 15) is 14.7 Å². The van der Waals surface area contributed by atoms with E-state index in [4.69, 9.17) is 0 Å². The SMILES string of the molecule is CC(O)C(NC(=O)C1CC1)C(=O)NC1CC1c1ccccc1. The standard InChI is InChI=1S/C17H22N2O3/c1-10(20)15(19-16(21)12-7-8-12)17(22)18-14-9-13(14)11-5-3-2-4-6-11/h2-6,10,12-15,20H,7-9H2,1H3,(H,18,22)(H,19,21). The summed E-state index contributed by atoms with van der Waals surface area (Å²) in [5.41, 5.74) is 1.21. The molecule has 2 saturated carbocycles. The van der Waals surface area contributed by atoms with Crippen molar-refractivity contribution < 1.29 is 14.7 Å². The molecule has 0 spiro atoms. The zero-order chi connectivity index (χ0) is 15.7. The first kappa shape index (κ1) is 15.0. The summed E-state index contributed by atoms with van der Waals surface area (Å²) >= 11 is 0. The van der Waals surface area contributed by atoms with E-state index in [0.29, 0.717) is 5.92 Å². The fourth-order valence-corrected chi connectivity index (χ4v) is 2.72. The summed E-state index contributed by atoms with van der Waals surface area (Å²) in [4.78, 5) is 24.1. The molecule has 1 aromatic carbocycles. The highest BCUT2D eigenvalue weighted by atomic mass is 16.3. The van der Waals surface area contributed by atoms with Crippen LogP contribution in [0.1, 0.15) is 37.7 Å². The van der Waals surface area contributed by atoms with Gasteiger partial charge in [0, 0.05) is 17.9 Å². The maximum Gasteiger partial charge on any atom is 0.245 e. The third kappa shape index (κ3) is 3.47. The van der Waals surface area contributed by atoms with Gasteiger partial charge in [0.15, 0.2) is 0 Å². The zero-order valence-corrected chi connectivity index (χ0v) is 12.7. The van der Waals surface area contributed by atoms with Gasteiger partial charge in [0.2, 0.25) is 11.8 Å². The lowest BCUT2D eigenvalue weighted by atomic mass is 10.1. The number of hydrogen-bond donors (Lipinski definition) is 3. The number of aliphatic hydroxyl groups excluding tert-OH is 1. The van der Waals surface area contributed by atoms with Crippen LogP contribution in [-0.2, 0) is 9.59 Å². The average Bonchev–Trinajstić information content (AvgIpc) is 3.38. The fourth-order valence-electron chi connectivity index (χ4n) is 2.72. The highest BCUT2D eigenvalue weighted by molar-refractivity contribution is 5.90. The van der Waals surface area contributed by atoms with Crippen molar-refractivity contribution in [3.8, 4) is 0 Å². The molecule has 3 rings (SSSR count). The summed E-state index contributed by atoms with van der Waals surface area (Å²) in [6.07, 6.45) is 1.74. The van der Waals surface area contributed by atoms with Crippen molar-refractivity contribution in [1.82, 2.24) is 10.6 Å². The van der Waals surface area contributed by atoms with Crippen molar-refractivity contribution in [2.75, 3.05) is 0 Å². The van der Waals surface area contributed by atoms with E-state index >= 15 is 0 Å². The molecule has 5 nitrogen and oxygen atoms in total. The van der Waals surface area contributed by atoms with E-state index in [1.54, 1.807) is 0 Å². The van der Waals surface area contributed by atoms with Gasteiger partial charge in [-0.25, -0.2) is 0 Å². The summed E-state index contributed by atoms with van der Waals surface area (Å²) in [6.45, 7) is 1.53. The Kier molecular flexibility index (Phi) is 4.16. The Bertz CT molecular complexity index is 554. The minimum absolute atomic E-state index is 0.0204. The van der Waals surface area contributed by atoms with E-state index in [1.807, 2.05) is 18.2 Å². The average molecular weight is 302 g/mol. The molecule has 3 N–H and O–H groups in total. The van der Waals surface area contributed by atoms with Crippen LogP contribution in [0.2, 0.25) is 0 Å². The van der Waals surface area contributed by atoms with Crippen LogP contribution in [0.25, 0.3) is 0 Å². The molecule has 0 saturated heterocycles. The third-order valence-corrected chi connectivity index (χ3v) is 4.36. The molecule has 2 fully saturated rings. The van der Waals surface area contributed by atoms with Gasteiger partial charge in [-0.05, 0) is 31.7 Å². The number of carbonyl (C=O) groups excluding carboxylic acids is 2. The maximum atomic E-state index is 12.3. The van der Waals surface area contributed by atoms with E-state index in [0.717, 1.165) is 19.3 Å². The predicted molar refractivity (Wildman–Crippen MR) is 82.1 cm³/mol. The van der Waals surface area contributed by atoms with Crippen molar-refractivity contribution >= 4 is 11.8 Å². The third-order valence-electron chi connectivity index (χ3n) is 4.36. The first-order chi connectivity index (χ1) is 10.6. The van der Waals surface area contributed by atoms with Crippen LogP contribution < -0.4 is 10.6 Å².